The topological polar surface area (TPSA) is 0 Å². The van der Waals surface area contributed by atoms with Crippen molar-refractivity contribution in [1.82, 2.24) is 0 Å². The number of hydrogen-bond donors (Lipinski definition) is 0. The first-order valence-electron chi connectivity index (χ1n) is 6.78. The van der Waals surface area contributed by atoms with Gasteiger partial charge in [0.25, 0.3) is 0 Å². The van der Waals surface area contributed by atoms with Gasteiger partial charge in [-0.1, -0.05) is 70.5 Å². The lowest BCUT2D eigenvalue weighted by Crippen LogP contribution is -1.85. The minimum Gasteiger partial charge on any atom is -0.129 e. The van der Waals surface area contributed by atoms with Crippen molar-refractivity contribution in [3.05, 3.63) is 77.3 Å². The van der Waals surface area contributed by atoms with Gasteiger partial charge in [0.1, 0.15) is 0 Å². The lowest BCUT2D eigenvalue weighted by Gasteiger charge is -2.11. The average Bonchev–Trinajstić information content (AvgIpc) is 2.56. The van der Waals surface area contributed by atoms with Gasteiger partial charge in [0, 0.05) is 9.37 Å². The summed E-state index contributed by atoms with van der Waals surface area (Å²) in [4.78, 5) is 1.30. The Morgan fingerprint density at radius 3 is 2.19 bits per heavy atom. The Morgan fingerprint density at radius 2 is 1.43 bits per heavy atom. The van der Waals surface area contributed by atoms with Crippen LogP contribution >= 0.6 is 27.7 Å². The highest BCUT2D eigenvalue weighted by atomic mass is 79.9. The van der Waals surface area contributed by atoms with E-state index in [4.69, 9.17) is 0 Å². The monoisotopic (exact) mass is 354 g/mol. The standard InChI is InChI=1S/C19H15BrS/c1-21-19-10-6-5-9-16(19)15-11-12-18(20)17(13-15)14-7-3-2-4-8-14/h2-13H,1H3. The summed E-state index contributed by atoms with van der Waals surface area (Å²) in [7, 11) is 0. The molecule has 0 aliphatic heterocycles. The Kier molecular flexibility index (Phi) is 4.47. The highest BCUT2D eigenvalue weighted by Crippen LogP contribution is 2.35. The van der Waals surface area contributed by atoms with Crippen molar-refractivity contribution in [2.45, 2.75) is 4.90 Å². The van der Waals surface area contributed by atoms with Gasteiger partial charge in [0.15, 0.2) is 0 Å². The van der Waals surface area contributed by atoms with Crippen molar-refractivity contribution in [2.75, 3.05) is 6.26 Å². The molecule has 3 aromatic carbocycles. The van der Waals surface area contributed by atoms with Gasteiger partial charge < -0.3 is 0 Å². The molecule has 0 fully saturated rings. The van der Waals surface area contributed by atoms with Gasteiger partial charge in [0.05, 0.1) is 0 Å². The minimum atomic E-state index is 1.12. The maximum atomic E-state index is 3.67. The molecule has 3 rings (SSSR count). The maximum Gasteiger partial charge on any atom is 0.0254 e. The third-order valence-electron chi connectivity index (χ3n) is 3.47. The SMILES string of the molecule is CSc1ccccc1-c1ccc(Br)c(-c2ccccc2)c1. The van der Waals surface area contributed by atoms with Gasteiger partial charge in [-0.25, -0.2) is 0 Å². The number of benzene rings is 3. The fourth-order valence-corrected chi connectivity index (χ4v) is 3.51. The van der Waals surface area contributed by atoms with E-state index >= 15 is 0 Å². The highest BCUT2D eigenvalue weighted by Gasteiger charge is 2.08. The fraction of sp³-hybridized carbons (Fsp3) is 0.0526. The quantitative estimate of drug-likeness (QED) is 0.483. The molecule has 21 heavy (non-hydrogen) atoms. The van der Waals surface area contributed by atoms with Crippen molar-refractivity contribution in [3.8, 4) is 22.3 Å². The molecular formula is C19H15BrS. The van der Waals surface area contributed by atoms with Crippen LogP contribution < -0.4 is 0 Å². The third-order valence-corrected chi connectivity index (χ3v) is 4.96. The zero-order valence-corrected chi connectivity index (χ0v) is 14.1. The van der Waals surface area contributed by atoms with E-state index in [0.717, 1.165) is 4.47 Å². The summed E-state index contributed by atoms with van der Waals surface area (Å²) in [5, 5.41) is 0. The second-order valence-electron chi connectivity index (χ2n) is 4.76. The molecule has 0 aromatic heterocycles. The first-order chi connectivity index (χ1) is 10.3. The Balaban J connectivity index is 2.14. The summed E-state index contributed by atoms with van der Waals surface area (Å²) in [6.45, 7) is 0. The zero-order chi connectivity index (χ0) is 14.7. The molecular weight excluding hydrogens is 340 g/mol. The summed E-state index contributed by atoms with van der Waals surface area (Å²) in [6.07, 6.45) is 2.12. The van der Waals surface area contributed by atoms with E-state index in [1.807, 2.05) is 6.07 Å². The molecule has 0 saturated carbocycles. The summed E-state index contributed by atoms with van der Waals surface area (Å²) in [6, 6.07) is 25.6. The Hall–Kier alpha value is -1.51. The number of hydrogen-bond acceptors (Lipinski definition) is 1. The number of rotatable bonds is 3. The van der Waals surface area contributed by atoms with Crippen LogP contribution in [0.3, 0.4) is 0 Å². The number of halogens is 1. The maximum absolute atomic E-state index is 3.67. The van der Waals surface area contributed by atoms with E-state index in [-0.39, 0.29) is 0 Å². The smallest absolute Gasteiger partial charge is 0.0254 e. The molecule has 104 valence electrons. The minimum absolute atomic E-state index is 1.12. The van der Waals surface area contributed by atoms with E-state index in [0.29, 0.717) is 0 Å². The molecule has 3 aromatic rings. The van der Waals surface area contributed by atoms with Gasteiger partial charge in [0.2, 0.25) is 0 Å². The van der Waals surface area contributed by atoms with Crippen LogP contribution in [-0.2, 0) is 0 Å². The van der Waals surface area contributed by atoms with Crippen molar-refractivity contribution >= 4 is 27.7 Å². The molecule has 0 atom stereocenters. The van der Waals surface area contributed by atoms with E-state index in [1.165, 1.54) is 27.1 Å². The molecule has 0 radical (unpaired) electrons. The van der Waals surface area contributed by atoms with Crippen LogP contribution in [0.15, 0.2) is 82.2 Å². The predicted molar refractivity (Wildman–Crippen MR) is 96.8 cm³/mol. The normalized spacial score (nSPS) is 10.6. The van der Waals surface area contributed by atoms with Crippen molar-refractivity contribution in [3.63, 3.8) is 0 Å². The van der Waals surface area contributed by atoms with Crippen molar-refractivity contribution in [1.29, 1.82) is 0 Å². The van der Waals surface area contributed by atoms with Gasteiger partial charge in [-0.3, -0.25) is 0 Å². The van der Waals surface area contributed by atoms with Crippen LogP contribution in [0.4, 0.5) is 0 Å². The molecule has 0 amide bonds. The lowest BCUT2D eigenvalue weighted by molar-refractivity contribution is 1.44. The van der Waals surface area contributed by atoms with Crippen molar-refractivity contribution in [2.24, 2.45) is 0 Å². The molecule has 0 saturated heterocycles. The first-order valence-corrected chi connectivity index (χ1v) is 8.80. The summed E-state index contributed by atoms with van der Waals surface area (Å²) >= 11 is 5.45. The van der Waals surface area contributed by atoms with Crippen LogP contribution in [0.1, 0.15) is 0 Å². The Labute approximate surface area is 138 Å². The van der Waals surface area contributed by atoms with Crippen LogP contribution in [0.5, 0.6) is 0 Å². The van der Waals surface area contributed by atoms with E-state index < -0.39 is 0 Å². The van der Waals surface area contributed by atoms with Crippen molar-refractivity contribution < 1.29 is 0 Å². The highest BCUT2D eigenvalue weighted by molar-refractivity contribution is 9.10. The molecule has 0 spiro atoms. The average molecular weight is 355 g/mol. The van der Waals surface area contributed by atoms with Gasteiger partial charge in [-0.15, -0.1) is 11.8 Å². The van der Waals surface area contributed by atoms with E-state index in [9.17, 15) is 0 Å². The van der Waals surface area contributed by atoms with Gasteiger partial charge in [-0.2, -0.15) is 0 Å². The Bertz CT molecular complexity index is 751. The van der Waals surface area contributed by atoms with Crippen LogP contribution in [0.25, 0.3) is 22.3 Å². The summed E-state index contributed by atoms with van der Waals surface area (Å²) in [5.74, 6) is 0. The Morgan fingerprint density at radius 1 is 0.714 bits per heavy atom. The zero-order valence-electron chi connectivity index (χ0n) is 11.7. The van der Waals surface area contributed by atoms with E-state index in [1.54, 1.807) is 11.8 Å². The second-order valence-corrected chi connectivity index (χ2v) is 6.46. The van der Waals surface area contributed by atoms with Gasteiger partial charge >= 0.3 is 0 Å². The molecule has 0 nitrogen and oxygen atoms in total. The lowest BCUT2D eigenvalue weighted by atomic mass is 9.99. The summed E-state index contributed by atoms with van der Waals surface area (Å²) < 4.78 is 1.12. The predicted octanol–water partition coefficient (Wildman–Crippen LogP) is 6.51. The molecule has 0 aliphatic rings. The molecule has 2 heteroatoms. The van der Waals surface area contributed by atoms with Crippen LogP contribution in [0, 0.1) is 0 Å². The third kappa shape index (κ3) is 3.07. The first kappa shape index (κ1) is 14.4. The molecule has 0 heterocycles. The largest absolute Gasteiger partial charge is 0.129 e. The van der Waals surface area contributed by atoms with Gasteiger partial charge in [-0.05, 0) is 46.7 Å². The fourth-order valence-electron chi connectivity index (χ4n) is 2.41. The molecule has 0 unspecified atom stereocenters. The number of thioether (sulfide) groups is 1. The molecule has 0 aliphatic carbocycles. The molecule has 0 N–H and O–H groups in total. The van der Waals surface area contributed by atoms with Crippen LogP contribution in [-0.4, -0.2) is 6.26 Å². The van der Waals surface area contributed by atoms with Crippen LogP contribution in [0.2, 0.25) is 0 Å². The molecule has 0 bridgehead atoms. The summed E-state index contributed by atoms with van der Waals surface area (Å²) in [5.41, 5.74) is 4.99. The second kappa shape index (κ2) is 6.50. The van der Waals surface area contributed by atoms with E-state index in [2.05, 4.69) is 88.9 Å².